The lowest BCUT2D eigenvalue weighted by molar-refractivity contribution is 0.0240. The van der Waals surface area contributed by atoms with Gasteiger partial charge in [0.05, 0.1) is 0 Å². The molecule has 2 aliphatic rings. The molecule has 10 heteroatoms. The van der Waals surface area contributed by atoms with Gasteiger partial charge in [0, 0.05) is 69.7 Å². The highest BCUT2D eigenvalue weighted by atomic mass is 16.6. The summed E-state index contributed by atoms with van der Waals surface area (Å²) >= 11 is 0. The van der Waals surface area contributed by atoms with Crippen LogP contribution in [0.5, 0.6) is 0 Å². The van der Waals surface area contributed by atoms with Crippen molar-refractivity contribution in [3.63, 3.8) is 0 Å². The summed E-state index contributed by atoms with van der Waals surface area (Å²) in [5, 5.41) is 12.4. The van der Waals surface area contributed by atoms with E-state index in [0.29, 0.717) is 31.9 Å². The second-order valence-corrected chi connectivity index (χ2v) is 10.7. The molecule has 0 saturated carbocycles. The zero-order valence-electron chi connectivity index (χ0n) is 20.8. The van der Waals surface area contributed by atoms with Crippen molar-refractivity contribution < 1.29 is 14.7 Å². The number of oxime groups is 1. The Balaban J connectivity index is 1.74. The van der Waals surface area contributed by atoms with Gasteiger partial charge < -0.3 is 30.4 Å². The number of amidine groups is 1. The number of anilines is 2. The topological polar surface area (TPSA) is 111 Å². The molecule has 0 spiro atoms. The van der Waals surface area contributed by atoms with E-state index in [1.54, 1.807) is 4.90 Å². The van der Waals surface area contributed by atoms with E-state index in [4.69, 9.17) is 10.5 Å². The van der Waals surface area contributed by atoms with Gasteiger partial charge >= 0.3 is 6.09 Å². The molecule has 0 aliphatic carbocycles. The molecule has 0 aromatic carbocycles. The molecule has 0 unspecified atom stereocenters. The zero-order valence-corrected chi connectivity index (χ0v) is 20.8. The van der Waals surface area contributed by atoms with E-state index in [1.165, 1.54) is 0 Å². The molecule has 2 fully saturated rings. The number of nitrogens with two attached hydrogens (primary N) is 1. The maximum Gasteiger partial charge on any atom is 0.410 e. The van der Waals surface area contributed by atoms with Gasteiger partial charge in [-0.25, -0.2) is 9.78 Å². The maximum atomic E-state index is 12.4. The molecule has 0 bridgehead atoms. The highest BCUT2D eigenvalue weighted by molar-refractivity contribution is 5.96. The molecular formula is C23H39N7O3. The van der Waals surface area contributed by atoms with E-state index in [-0.39, 0.29) is 17.5 Å². The lowest BCUT2D eigenvalue weighted by Crippen LogP contribution is -2.53. The first-order chi connectivity index (χ1) is 15.4. The van der Waals surface area contributed by atoms with Gasteiger partial charge in [-0.1, -0.05) is 5.16 Å². The van der Waals surface area contributed by atoms with Crippen molar-refractivity contribution in [2.24, 2.45) is 10.9 Å². The van der Waals surface area contributed by atoms with Crippen LogP contribution >= 0.6 is 0 Å². The Morgan fingerprint density at radius 2 is 1.55 bits per heavy atom. The van der Waals surface area contributed by atoms with Crippen LogP contribution in [0.4, 0.5) is 16.3 Å². The summed E-state index contributed by atoms with van der Waals surface area (Å²) in [4.78, 5) is 25.7. The minimum absolute atomic E-state index is 0.0150. The van der Waals surface area contributed by atoms with Crippen molar-refractivity contribution in [3.05, 3.63) is 17.8 Å². The van der Waals surface area contributed by atoms with Gasteiger partial charge in [0.2, 0.25) is 0 Å². The smallest absolute Gasteiger partial charge is 0.410 e. The number of hydrogen-bond acceptors (Lipinski definition) is 8. The molecule has 1 aromatic heterocycles. The molecule has 3 heterocycles. The van der Waals surface area contributed by atoms with Gasteiger partial charge in [0.25, 0.3) is 0 Å². The van der Waals surface area contributed by atoms with Gasteiger partial charge in [0.15, 0.2) is 5.84 Å². The maximum absolute atomic E-state index is 12.4. The first kappa shape index (κ1) is 24.9. The summed E-state index contributed by atoms with van der Waals surface area (Å²) in [6.07, 6.45) is -0.286. The van der Waals surface area contributed by atoms with Crippen LogP contribution in [0, 0.1) is 0 Å². The van der Waals surface area contributed by atoms with Crippen molar-refractivity contribution in [2.45, 2.75) is 52.7 Å². The normalized spacial score (nSPS) is 19.1. The average molecular weight is 462 g/mol. The Hall–Kier alpha value is -2.75. The van der Waals surface area contributed by atoms with Crippen LogP contribution in [0.1, 0.15) is 47.2 Å². The fraction of sp³-hybridized carbons (Fsp3) is 0.696. The SMILES string of the molecule is CC(C)(C)OC(=O)N1CCN(c2cc(/C(N)=N/O)nc(N3CCN(C(C)(C)C)CC3)c2)CC1. The van der Waals surface area contributed by atoms with Gasteiger partial charge in [0.1, 0.15) is 17.1 Å². The number of carbonyl (C=O) groups is 1. The Labute approximate surface area is 197 Å². The Kier molecular flexibility index (Phi) is 7.26. The number of carbonyl (C=O) groups excluding carboxylic acids is 1. The number of aromatic nitrogens is 1. The minimum Gasteiger partial charge on any atom is -0.444 e. The van der Waals surface area contributed by atoms with Crippen LogP contribution < -0.4 is 15.5 Å². The van der Waals surface area contributed by atoms with Crippen LogP contribution in [0.25, 0.3) is 0 Å². The third-order valence-corrected chi connectivity index (χ3v) is 6.02. The number of pyridine rings is 1. The van der Waals surface area contributed by atoms with Crippen LogP contribution in [-0.2, 0) is 4.74 Å². The standard InChI is InChI=1S/C23H39N7O3/c1-22(2,3)30-13-11-28(12-14-30)19-16-17(15-18(25-19)20(24)26-32)27-7-9-29(10-8-27)21(31)33-23(4,5)6/h15-16,32H,7-14H2,1-6H3,(H2,24,26). The first-order valence-electron chi connectivity index (χ1n) is 11.6. The summed E-state index contributed by atoms with van der Waals surface area (Å²) in [7, 11) is 0. The average Bonchev–Trinajstić information content (AvgIpc) is 2.76. The van der Waals surface area contributed by atoms with Gasteiger partial charge in [-0.3, -0.25) is 4.90 Å². The zero-order chi connectivity index (χ0) is 24.4. The van der Waals surface area contributed by atoms with Crippen molar-refractivity contribution in [2.75, 3.05) is 62.2 Å². The lowest BCUT2D eigenvalue weighted by atomic mass is 10.0. The third kappa shape index (κ3) is 6.40. The van der Waals surface area contributed by atoms with Crippen LogP contribution in [0.15, 0.2) is 17.3 Å². The quantitative estimate of drug-likeness (QED) is 0.305. The van der Waals surface area contributed by atoms with Crippen molar-refractivity contribution in [3.8, 4) is 0 Å². The Bertz CT molecular complexity index is 860. The van der Waals surface area contributed by atoms with E-state index in [9.17, 15) is 10.0 Å². The molecule has 184 valence electrons. The van der Waals surface area contributed by atoms with Crippen molar-refractivity contribution in [1.29, 1.82) is 0 Å². The number of rotatable bonds is 3. The second-order valence-electron chi connectivity index (χ2n) is 10.7. The van der Waals surface area contributed by atoms with Crippen LogP contribution in [0.3, 0.4) is 0 Å². The predicted molar refractivity (Wildman–Crippen MR) is 130 cm³/mol. The fourth-order valence-electron chi connectivity index (χ4n) is 4.11. The molecule has 33 heavy (non-hydrogen) atoms. The molecule has 0 radical (unpaired) electrons. The van der Waals surface area contributed by atoms with Crippen LogP contribution in [0.2, 0.25) is 0 Å². The van der Waals surface area contributed by atoms with E-state index >= 15 is 0 Å². The largest absolute Gasteiger partial charge is 0.444 e. The summed E-state index contributed by atoms with van der Waals surface area (Å²) in [5.41, 5.74) is 6.92. The van der Waals surface area contributed by atoms with E-state index in [2.05, 4.69) is 51.7 Å². The molecule has 2 saturated heterocycles. The molecule has 3 rings (SSSR count). The van der Waals surface area contributed by atoms with Crippen molar-refractivity contribution in [1.82, 2.24) is 14.8 Å². The number of piperazine rings is 2. The van der Waals surface area contributed by atoms with Crippen molar-refractivity contribution >= 4 is 23.4 Å². The Morgan fingerprint density at radius 3 is 2.06 bits per heavy atom. The molecule has 3 N–H and O–H groups in total. The Morgan fingerprint density at radius 1 is 0.970 bits per heavy atom. The van der Waals surface area contributed by atoms with E-state index in [0.717, 1.165) is 37.7 Å². The molecule has 0 atom stereocenters. The van der Waals surface area contributed by atoms with Crippen LogP contribution in [-0.4, -0.2) is 95.4 Å². The second kappa shape index (κ2) is 9.62. The molecular weight excluding hydrogens is 422 g/mol. The molecule has 2 aliphatic heterocycles. The first-order valence-corrected chi connectivity index (χ1v) is 11.6. The van der Waals surface area contributed by atoms with Gasteiger partial charge in [-0.2, -0.15) is 0 Å². The molecule has 10 nitrogen and oxygen atoms in total. The summed E-state index contributed by atoms with van der Waals surface area (Å²) in [6, 6.07) is 3.90. The number of nitrogens with zero attached hydrogens (tertiary/aromatic N) is 6. The predicted octanol–water partition coefficient (Wildman–Crippen LogP) is 2.15. The fourth-order valence-corrected chi connectivity index (χ4v) is 4.11. The monoisotopic (exact) mass is 461 g/mol. The lowest BCUT2D eigenvalue weighted by Gasteiger charge is -2.43. The summed E-state index contributed by atoms with van der Waals surface area (Å²) < 4.78 is 5.50. The summed E-state index contributed by atoms with van der Waals surface area (Å²) in [6.45, 7) is 18.4. The van der Waals surface area contributed by atoms with E-state index in [1.807, 2.05) is 26.8 Å². The molecule has 1 amide bonds. The van der Waals surface area contributed by atoms with E-state index < -0.39 is 5.60 Å². The third-order valence-electron chi connectivity index (χ3n) is 6.02. The van der Waals surface area contributed by atoms with Gasteiger partial charge in [-0.15, -0.1) is 0 Å². The highest BCUT2D eigenvalue weighted by Crippen LogP contribution is 2.26. The minimum atomic E-state index is -0.513. The highest BCUT2D eigenvalue weighted by Gasteiger charge is 2.29. The number of amides is 1. The van der Waals surface area contributed by atoms with Gasteiger partial charge in [-0.05, 0) is 47.6 Å². The number of ether oxygens (including phenoxy) is 1. The summed E-state index contributed by atoms with van der Waals surface area (Å²) in [5.74, 6) is 0.802. The molecule has 1 aromatic rings. The number of hydrogen-bond donors (Lipinski definition) is 2.